The number of benzene rings is 1. The molecule has 2 fully saturated rings. The van der Waals surface area contributed by atoms with E-state index in [1.54, 1.807) is 17.0 Å². The van der Waals surface area contributed by atoms with Gasteiger partial charge in [-0.05, 0) is 36.8 Å². The number of imide groups is 1. The van der Waals surface area contributed by atoms with Crippen LogP contribution >= 0.6 is 0 Å². The van der Waals surface area contributed by atoms with Crippen LogP contribution in [0.2, 0.25) is 0 Å². The Labute approximate surface area is 106 Å². The Balaban J connectivity index is 1.72. The number of hydrogen-bond donors (Lipinski definition) is 0. The molecule has 18 heavy (non-hydrogen) atoms. The lowest BCUT2D eigenvalue weighted by Gasteiger charge is -2.29. The van der Waals surface area contributed by atoms with Gasteiger partial charge in [0.2, 0.25) is 0 Å². The Bertz CT molecular complexity index is 516. The number of carbonyl (C=O) groups excluding carboxylic acids is 2. The van der Waals surface area contributed by atoms with E-state index in [9.17, 15) is 9.59 Å². The summed E-state index contributed by atoms with van der Waals surface area (Å²) in [4.78, 5) is 26.3. The average molecular weight is 241 g/mol. The normalized spacial score (nSPS) is 33.3. The van der Waals surface area contributed by atoms with Crippen molar-refractivity contribution in [3.05, 3.63) is 35.4 Å². The van der Waals surface area contributed by atoms with Crippen molar-refractivity contribution in [2.45, 2.75) is 31.7 Å². The average Bonchev–Trinajstić information content (AvgIpc) is 3.14. The number of hydrogen-bond acceptors (Lipinski definition) is 2. The van der Waals surface area contributed by atoms with Crippen LogP contribution in [0, 0.1) is 11.8 Å². The van der Waals surface area contributed by atoms with Gasteiger partial charge in [-0.15, -0.1) is 0 Å². The van der Waals surface area contributed by atoms with Gasteiger partial charge in [-0.3, -0.25) is 14.5 Å². The molecule has 2 amide bonds. The van der Waals surface area contributed by atoms with E-state index in [1.165, 1.54) is 12.8 Å². The van der Waals surface area contributed by atoms with Gasteiger partial charge in [0.25, 0.3) is 11.8 Å². The molecule has 1 heterocycles. The Morgan fingerprint density at radius 3 is 2.33 bits per heavy atom. The molecule has 0 bridgehead atoms. The van der Waals surface area contributed by atoms with Crippen molar-refractivity contribution < 1.29 is 9.59 Å². The van der Waals surface area contributed by atoms with E-state index < -0.39 is 0 Å². The molecule has 0 N–H and O–H groups in total. The molecule has 92 valence electrons. The topological polar surface area (TPSA) is 37.4 Å². The lowest BCUT2D eigenvalue weighted by atomic mass is 9.94. The van der Waals surface area contributed by atoms with Crippen LogP contribution in [-0.2, 0) is 0 Å². The van der Waals surface area contributed by atoms with Crippen molar-refractivity contribution in [2.24, 2.45) is 11.8 Å². The van der Waals surface area contributed by atoms with Crippen molar-refractivity contribution in [3.8, 4) is 0 Å². The predicted octanol–water partition coefficient (Wildman–Crippen LogP) is 2.47. The molecular weight excluding hydrogens is 226 g/mol. The molecule has 3 atom stereocenters. The van der Waals surface area contributed by atoms with E-state index >= 15 is 0 Å². The number of amides is 2. The zero-order valence-corrected chi connectivity index (χ0v) is 10.1. The number of nitrogens with zero attached hydrogens (tertiary/aromatic N) is 1. The molecule has 3 heteroatoms. The summed E-state index contributed by atoms with van der Waals surface area (Å²) in [5.41, 5.74) is 1.18. The zero-order chi connectivity index (χ0) is 12.3. The predicted molar refractivity (Wildman–Crippen MR) is 66.2 cm³/mol. The van der Waals surface area contributed by atoms with Crippen LogP contribution in [0.25, 0.3) is 0 Å². The maximum atomic E-state index is 12.4. The van der Waals surface area contributed by atoms with Crippen LogP contribution in [0.5, 0.6) is 0 Å². The number of rotatable bonds is 1. The van der Waals surface area contributed by atoms with Gasteiger partial charge in [0.05, 0.1) is 11.1 Å². The fourth-order valence-electron chi connectivity index (χ4n) is 3.71. The molecule has 4 rings (SSSR count). The van der Waals surface area contributed by atoms with E-state index in [4.69, 9.17) is 0 Å². The Morgan fingerprint density at radius 2 is 1.67 bits per heavy atom. The van der Waals surface area contributed by atoms with Gasteiger partial charge in [0.15, 0.2) is 0 Å². The van der Waals surface area contributed by atoms with E-state index in [1.807, 2.05) is 12.1 Å². The van der Waals surface area contributed by atoms with Crippen LogP contribution in [-0.4, -0.2) is 22.8 Å². The van der Waals surface area contributed by atoms with Crippen LogP contribution in [0.4, 0.5) is 0 Å². The van der Waals surface area contributed by atoms with Gasteiger partial charge in [0.1, 0.15) is 0 Å². The molecule has 1 aromatic carbocycles. The third-order valence-electron chi connectivity index (χ3n) is 4.70. The van der Waals surface area contributed by atoms with E-state index in [2.05, 4.69) is 0 Å². The van der Waals surface area contributed by atoms with E-state index in [0.29, 0.717) is 17.0 Å². The smallest absolute Gasteiger partial charge is 0.261 e. The van der Waals surface area contributed by atoms with Gasteiger partial charge in [0, 0.05) is 6.04 Å². The molecule has 0 unspecified atom stereocenters. The molecule has 0 aromatic heterocycles. The van der Waals surface area contributed by atoms with Crippen molar-refractivity contribution >= 4 is 11.8 Å². The van der Waals surface area contributed by atoms with Gasteiger partial charge in [-0.25, -0.2) is 0 Å². The molecule has 2 aliphatic carbocycles. The minimum atomic E-state index is -0.0758. The second-order valence-corrected chi connectivity index (χ2v) is 5.68. The highest BCUT2D eigenvalue weighted by Gasteiger charge is 2.52. The summed E-state index contributed by atoms with van der Waals surface area (Å²) < 4.78 is 0. The largest absolute Gasteiger partial charge is 0.271 e. The standard InChI is InChI=1S/C15H15NO2/c17-14-10-5-1-2-6-11(10)15(18)16(14)13-7-3-4-9-8-12(9)13/h1-2,5-6,9,12-13H,3-4,7-8H2/t9-,12+,13+/m0/s1. The highest BCUT2D eigenvalue weighted by molar-refractivity contribution is 6.21. The first-order valence-electron chi connectivity index (χ1n) is 6.74. The lowest BCUT2D eigenvalue weighted by Crippen LogP contribution is -2.42. The highest BCUT2D eigenvalue weighted by atomic mass is 16.2. The Hall–Kier alpha value is -1.64. The molecule has 2 saturated carbocycles. The molecule has 3 aliphatic rings. The second-order valence-electron chi connectivity index (χ2n) is 5.68. The van der Waals surface area contributed by atoms with Crippen LogP contribution in [0.1, 0.15) is 46.4 Å². The zero-order valence-electron chi connectivity index (χ0n) is 10.1. The van der Waals surface area contributed by atoms with Crippen LogP contribution in [0.3, 0.4) is 0 Å². The first-order valence-corrected chi connectivity index (χ1v) is 6.74. The van der Waals surface area contributed by atoms with Crippen LogP contribution in [0.15, 0.2) is 24.3 Å². The Morgan fingerprint density at radius 1 is 1.00 bits per heavy atom. The quantitative estimate of drug-likeness (QED) is 0.708. The van der Waals surface area contributed by atoms with Crippen molar-refractivity contribution in [3.63, 3.8) is 0 Å². The van der Waals surface area contributed by atoms with Gasteiger partial charge >= 0.3 is 0 Å². The summed E-state index contributed by atoms with van der Waals surface area (Å²) in [7, 11) is 0. The maximum Gasteiger partial charge on any atom is 0.261 e. The van der Waals surface area contributed by atoms with E-state index in [0.717, 1.165) is 18.8 Å². The first kappa shape index (κ1) is 10.3. The molecule has 0 saturated heterocycles. The van der Waals surface area contributed by atoms with Gasteiger partial charge < -0.3 is 0 Å². The first-order chi connectivity index (χ1) is 8.77. The number of fused-ring (bicyclic) bond motifs is 2. The maximum absolute atomic E-state index is 12.4. The fraction of sp³-hybridized carbons (Fsp3) is 0.467. The SMILES string of the molecule is O=C1c2ccccc2C(=O)N1[C@@H]1CCC[C@H]2C[C@H]21. The number of carbonyl (C=O) groups is 2. The third kappa shape index (κ3) is 1.25. The minimum absolute atomic E-state index is 0.0758. The summed E-state index contributed by atoms with van der Waals surface area (Å²) in [5, 5.41) is 0. The lowest BCUT2D eigenvalue weighted by molar-refractivity contribution is 0.0533. The van der Waals surface area contributed by atoms with Crippen LogP contribution < -0.4 is 0 Å². The Kier molecular flexibility index (Phi) is 1.97. The highest BCUT2D eigenvalue weighted by Crippen LogP contribution is 2.52. The van der Waals surface area contributed by atoms with Crippen molar-refractivity contribution in [2.75, 3.05) is 0 Å². The van der Waals surface area contributed by atoms with Gasteiger partial charge in [-0.2, -0.15) is 0 Å². The summed E-state index contributed by atoms with van der Waals surface area (Å²) >= 11 is 0. The van der Waals surface area contributed by atoms with Gasteiger partial charge in [-0.1, -0.05) is 25.0 Å². The third-order valence-corrected chi connectivity index (χ3v) is 4.70. The summed E-state index contributed by atoms with van der Waals surface area (Å²) in [5.74, 6) is 1.20. The van der Waals surface area contributed by atoms with E-state index in [-0.39, 0.29) is 17.9 Å². The summed E-state index contributed by atoms with van der Waals surface area (Å²) in [6, 6.07) is 7.35. The molecule has 3 nitrogen and oxygen atoms in total. The fourth-order valence-corrected chi connectivity index (χ4v) is 3.71. The summed E-state index contributed by atoms with van der Waals surface area (Å²) in [6.07, 6.45) is 4.63. The summed E-state index contributed by atoms with van der Waals surface area (Å²) in [6.45, 7) is 0. The minimum Gasteiger partial charge on any atom is -0.271 e. The molecule has 0 spiro atoms. The van der Waals surface area contributed by atoms with Crippen molar-refractivity contribution in [1.82, 2.24) is 4.90 Å². The monoisotopic (exact) mass is 241 g/mol. The molecule has 1 aromatic rings. The molecule has 1 aliphatic heterocycles. The second kappa shape index (κ2) is 3.44. The van der Waals surface area contributed by atoms with Crippen molar-refractivity contribution in [1.29, 1.82) is 0 Å². The molecular formula is C15H15NO2. The molecule has 0 radical (unpaired) electrons.